The third-order valence-corrected chi connectivity index (χ3v) is 5.20. The molecule has 0 bridgehead atoms. The lowest BCUT2D eigenvalue weighted by atomic mass is 10.3. The van der Waals surface area contributed by atoms with Gasteiger partial charge in [-0.3, -0.25) is 14.4 Å². The van der Waals surface area contributed by atoms with Gasteiger partial charge in [0.2, 0.25) is 5.91 Å². The van der Waals surface area contributed by atoms with Gasteiger partial charge in [0, 0.05) is 25.1 Å². The van der Waals surface area contributed by atoms with E-state index in [0.29, 0.717) is 25.0 Å². The third-order valence-electron chi connectivity index (χ3n) is 5.20. The molecule has 6 heteroatoms. The Hall–Kier alpha value is -2.08. The van der Waals surface area contributed by atoms with Gasteiger partial charge >= 0.3 is 0 Å². The molecule has 6 nitrogen and oxygen atoms in total. The van der Waals surface area contributed by atoms with Crippen molar-refractivity contribution in [3.05, 3.63) is 35.4 Å². The fourth-order valence-electron chi connectivity index (χ4n) is 3.45. The topological polar surface area (TPSA) is 63.3 Å². The van der Waals surface area contributed by atoms with Crippen LogP contribution in [0.3, 0.4) is 0 Å². The molecule has 134 valence electrons. The first-order chi connectivity index (χ1) is 12.0. The van der Waals surface area contributed by atoms with E-state index in [0.717, 1.165) is 41.8 Å². The van der Waals surface area contributed by atoms with Gasteiger partial charge in [-0.1, -0.05) is 6.92 Å². The minimum Gasteiger partial charge on any atom is -0.464 e. The van der Waals surface area contributed by atoms with E-state index < -0.39 is 0 Å². The maximum atomic E-state index is 12.4. The summed E-state index contributed by atoms with van der Waals surface area (Å²) in [5, 5.41) is 7.22. The Morgan fingerprint density at radius 2 is 2.20 bits per heavy atom. The highest BCUT2D eigenvalue weighted by Gasteiger charge is 2.37. The van der Waals surface area contributed by atoms with Crippen LogP contribution in [0.15, 0.2) is 22.6 Å². The van der Waals surface area contributed by atoms with Gasteiger partial charge < -0.3 is 9.73 Å². The number of hydrogen-bond donors (Lipinski definition) is 1. The Morgan fingerprint density at radius 1 is 1.44 bits per heavy atom. The second-order valence-electron chi connectivity index (χ2n) is 7.60. The van der Waals surface area contributed by atoms with E-state index >= 15 is 0 Å². The molecule has 0 aromatic carbocycles. The summed E-state index contributed by atoms with van der Waals surface area (Å²) < 4.78 is 7.72. The zero-order chi connectivity index (χ0) is 17.6. The molecule has 2 saturated carbocycles. The number of nitrogens with zero attached hydrogens (tertiary/aromatic N) is 3. The van der Waals surface area contributed by atoms with Crippen LogP contribution < -0.4 is 5.32 Å². The van der Waals surface area contributed by atoms with Gasteiger partial charge in [0.1, 0.15) is 17.3 Å². The molecule has 1 amide bonds. The number of anilines is 1. The SMILES string of the molecule is Cc1cc(NC(=O)CN(Cc2ccc([C@H]3C[C@@H]3C)o2)C2CC2)n(C)n1. The van der Waals surface area contributed by atoms with Crippen LogP contribution in [0.2, 0.25) is 0 Å². The van der Waals surface area contributed by atoms with Crippen LogP contribution >= 0.6 is 0 Å². The quantitative estimate of drug-likeness (QED) is 0.840. The van der Waals surface area contributed by atoms with Crippen molar-refractivity contribution < 1.29 is 9.21 Å². The van der Waals surface area contributed by atoms with Crippen molar-refractivity contribution >= 4 is 11.7 Å². The number of carbonyl (C=O) groups is 1. The number of hydrogen-bond acceptors (Lipinski definition) is 4. The average molecular weight is 342 g/mol. The Balaban J connectivity index is 1.37. The number of aryl methyl sites for hydroxylation is 2. The molecule has 2 aromatic rings. The summed E-state index contributed by atoms with van der Waals surface area (Å²) in [5.41, 5.74) is 0.897. The predicted octanol–water partition coefficient (Wildman–Crippen LogP) is 3.05. The third kappa shape index (κ3) is 3.79. The highest BCUT2D eigenvalue weighted by atomic mass is 16.3. The van der Waals surface area contributed by atoms with Crippen LogP contribution in [0.5, 0.6) is 0 Å². The van der Waals surface area contributed by atoms with E-state index in [2.05, 4.69) is 34.4 Å². The Kier molecular flexibility index (Phi) is 4.15. The lowest BCUT2D eigenvalue weighted by molar-refractivity contribution is -0.117. The Morgan fingerprint density at radius 3 is 2.80 bits per heavy atom. The summed E-state index contributed by atoms with van der Waals surface area (Å²) in [5.74, 6) is 4.14. The standard InChI is InChI=1S/C19H26N4O2/c1-12-8-16(12)17-7-6-15(25-17)10-23(14-4-5-14)11-19(24)20-18-9-13(2)21-22(18)3/h6-7,9,12,14,16H,4-5,8,10-11H2,1-3H3,(H,20,24)/t12-,16-/m0/s1. The van der Waals surface area contributed by atoms with E-state index in [1.165, 1.54) is 6.42 Å². The van der Waals surface area contributed by atoms with Crippen LogP contribution in [-0.2, 0) is 18.4 Å². The van der Waals surface area contributed by atoms with Gasteiger partial charge in [-0.15, -0.1) is 0 Å². The van der Waals surface area contributed by atoms with Crippen LogP contribution in [0.4, 0.5) is 5.82 Å². The van der Waals surface area contributed by atoms with Gasteiger partial charge in [0.25, 0.3) is 0 Å². The van der Waals surface area contributed by atoms with Crippen molar-refractivity contribution in [2.45, 2.75) is 51.6 Å². The van der Waals surface area contributed by atoms with Crippen molar-refractivity contribution in [2.75, 3.05) is 11.9 Å². The zero-order valence-corrected chi connectivity index (χ0v) is 15.2. The van der Waals surface area contributed by atoms with Gasteiger partial charge in [-0.25, -0.2) is 0 Å². The normalized spacial score (nSPS) is 22.4. The predicted molar refractivity (Wildman–Crippen MR) is 95.2 cm³/mol. The van der Waals surface area contributed by atoms with Gasteiger partial charge in [0.15, 0.2) is 0 Å². The zero-order valence-electron chi connectivity index (χ0n) is 15.2. The highest BCUT2D eigenvalue weighted by Crippen LogP contribution is 2.47. The second kappa shape index (κ2) is 6.33. The first-order valence-electron chi connectivity index (χ1n) is 9.12. The Bertz CT molecular complexity index is 774. The van der Waals surface area contributed by atoms with Gasteiger partial charge in [-0.2, -0.15) is 5.10 Å². The average Bonchev–Trinajstić information content (AvgIpc) is 3.44. The van der Waals surface area contributed by atoms with Crippen molar-refractivity contribution in [1.82, 2.24) is 14.7 Å². The molecule has 2 aliphatic rings. The fraction of sp³-hybridized carbons (Fsp3) is 0.579. The molecule has 2 heterocycles. The van der Waals surface area contributed by atoms with E-state index in [4.69, 9.17) is 4.42 Å². The Labute approximate surface area is 148 Å². The summed E-state index contributed by atoms with van der Waals surface area (Å²) in [4.78, 5) is 14.7. The molecule has 4 rings (SSSR count). The summed E-state index contributed by atoms with van der Waals surface area (Å²) >= 11 is 0. The monoisotopic (exact) mass is 342 g/mol. The maximum Gasteiger partial charge on any atom is 0.239 e. The number of furan rings is 1. The molecule has 2 fully saturated rings. The van der Waals surface area contributed by atoms with E-state index in [1.807, 2.05) is 20.0 Å². The molecular weight excluding hydrogens is 316 g/mol. The highest BCUT2D eigenvalue weighted by molar-refractivity contribution is 5.91. The molecule has 0 unspecified atom stereocenters. The molecule has 0 aliphatic heterocycles. The molecule has 2 aliphatic carbocycles. The summed E-state index contributed by atoms with van der Waals surface area (Å²) in [7, 11) is 1.84. The number of carbonyl (C=O) groups excluding carboxylic acids is 1. The molecule has 0 radical (unpaired) electrons. The van der Waals surface area contributed by atoms with Crippen molar-refractivity contribution in [1.29, 1.82) is 0 Å². The number of rotatable bonds is 7. The molecule has 0 spiro atoms. The van der Waals surface area contributed by atoms with E-state index in [9.17, 15) is 4.79 Å². The van der Waals surface area contributed by atoms with Crippen molar-refractivity contribution in [3.8, 4) is 0 Å². The summed E-state index contributed by atoms with van der Waals surface area (Å²) in [6.45, 7) is 5.25. The number of amides is 1. The molecule has 0 saturated heterocycles. The van der Waals surface area contributed by atoms with Crippen molar-refractivity contribution in [2.24, 2.45) is 13.0 Å². The van der Waals surface area contributed by atoms with Crippen LogP contribution in [-0.4, -0.2) is 33.2 Å². The molecule has 25 heavy (non-hydrogen) atoms. The van der Waals surface area contributed by atoms with Gasteiger partial charge in [-0.05, 0) is 44.2 Å². The van der Waals surface area contributed by atoms with Crippen LogP contribution in [0.1, 0.15) is 49.3 Å². The summed E-state index contributed by atoms with van der Waals surface area (Å²) in [6.07, 6.45) is 3.54. The molecule has 2 aromatic heterocycles. The number of aromatic nitrogens is 2. The smallest absolute Gasteiger partial charge is 0.239 e. The van der Waals surface area contributed by atoms with E-state index in [1.54, 1.807) is 4.68 Å². The van der Waals surface area contributed by atoms with Crippen LogP contribution in [0, 0.1) is 12.8 Å². The van der Waals surface area contributed by atoms with Gasteiger partial charge in [0.05, 0.1) is 18.8 Å². The molecule has 1 N–H and O–H groups in total. The fourth-order valence-corrected chi connectivity index (χ4v) is 3.45. The largest absolute Gasteiger partial charge is 0.464 e. The summed E-state index contributed by atoms with van der Waals surface area (Å²) in [6, 6.07) is 6.55. The van der Waals surface area contributed by atoms with Crippen LogP contribution in [0.25, 0.3) is 0 Å². The minimum absolute atomic E-state index is 0.00232. The van der Waals surface area contributed by atoms with Crippen molar-refractivity contribution in [3.63, 3.8) is 0 Å². The maximum absolute atomic E-state index is 12.4. The number of nitrogens with one attached hydrogen (secondary N) is 1. The molecular formula is C19H26N4O2. The lowest BCUT2D eigenvalue weighted by Crippen LogP contribution is -2.34. The van der Waals surface area contributed by atoms with E-state index in [-0.39, 0.29) is 5.91 Å². The molecule has 2 atom stereocenters. The first kappa shape index (κ1) is 16.4. The first-order valence-corrected chi connectivity index (χ1v) is 9.12. The lowest BCUT2D eigenvalue weighted by Gasteiger charge is -2.20. The second-order valence-corrected chi connectivity index (χ2v) is 7.60. The minimum atomic E-state index is -0.00232.